The Morgan fingerprint density at radius 2 is 1.97 bits per heavy atom. The highest BCUT2D eigenvalue weighted by molar-refractivity contribution is 7.15. The average molecular weight is 480 g/mol. The van der Waals surface area contributed by atoms with Crippen LogP contribution in [0, 0.1) is 5.92 Å². The van der Waals surface area contributed by atoms with Crippen molar-refractivity contribution in [1.29, 1.82) is 0 Å². The molecule has 1 aromatic carbocycles. The zero-order valence-electron chi connectivity index (χ0n) is 19.0. The zero-order chi connectivity index (χ0) is 23.3. The van der Waals surface area contributed by atoms with Crippen LogP contribution < -0.4 is 15.5 Å². The first kappa shape index (κ1) is 22.9. The van der Waals surface area contributed by atoms with Crippen LogP contribution in [0.1, 0.15) is 17.7 Å². The Morgan fingerprint density at radius 3 is 2.74 bits per heavy atom. The highest BCUT2D eigenvalue weighted by Gasteiger charge is 2.21. The number of nitrogens with zero attached hydrogens (tertiary/aromatic N) is 3. The molecular formula is C25H29N5O3S. The van der Waals surface area contributed by atoms with Crippen LogP contribution in [-0.2, 0) is 16.1 Å². The van der Waals surface area contributed by atoms with E-state index in [4.69, 9.17) is 14.7 Å². The van der Waals surface area contributed by atoms with Gasteiger partial charge in [-0.2, -0.15) is 0 Å². The van der Waals surface area contributed by atoms with Crippen LogP contribution in [0.5, 0.6) is 0 Å². The predicted molar refractivity (Wildman–Crippen MR) is 134 cm³/mol. The SMILES string of the molecule is O=C(Nc1cccc(-c2nc(-c3ccc(CO)s3)cc(N3CCOCC3)n2)c1)C1CCNCC1. The third kappa shape index (κ3) is 5.28. The largest absolute Gasteiger partial charge is 0.391 e. The number of amides is 1. The van der Waals surface area contributed by atoms with Gasteiger partial charge < -0.3 is 25.4 Å². The Balaban J connectivity index is 1.46. The normalized spacial score (nSPS) is 17.0. The van der Waals surface area contributed by atoms with Gasteiger partial charge in [0.1, 0.15) is 5.82 Å². The van der Waals surface area contributed by atoms with Crippen LogP contribution in [0.15, 0.2) is 42.5 Å². The lowest BCUT2D eigenvalue weighted by atomic mass is 9.97. The molecule has 2 saturated heterocycles. The van der Waals surface area contributed by atoms with E-state index in [1.807, 2.05) is 42.5 Å². The maximum Gasteiger partial charge on any atom is 0.227 e. The molecule has 0 atom stereocenters. The Labute approximate surface area is 203 Å². The van der Waals surface area contributed by atoms with E-state index in [9.17, 15) is 9.90 Å². The quantitative estimate of drug-likeness (QED) is 0.499. The fourth-order valence-corrected chi connectivity index (χ4v) is 5.14. The van der Waals surface area contributed by atoms with Crippen molar-refractivity contribution >= 4 is 28.7 Å². The van der Waals surface area contributed by atoms with E-state index < -0.39 is 0 Å². The van der Waals surface area contributed by atoms with E-state index in [0.717, 1.165) is 71.5 Å². The van der Waals surface area contributed by atoms with Crippen molar-refractivity contribution in [2.24, 2.45) is 5.92 Å². The van der Waals surface area contributed by atoms with E-state index in [0.29, 0.717) is 19.0 Å². The maximum absolute atomic E-state index is 12.7. The molecule has 2 fully saturated rings. The summed E-state index contributed by atoms with van der Waals surface area (Å²) in [6.07, 6.45) is 1.71. The number of aromatic nitrogens is 2. The van der Waals surface area contributed by atoms with Gasteiger partial charge >= 0.3 is 0 Å². The van der Waals surface area contributed by atoms with Gasteiger partial charge in [-0.25, -0.2) is 9.97 Å². The van der Waals surface area contributed by atoms with Crippen LogP contribution in [0.4, 0.5) is 11.5 Å². The lowest BCUT2D eigenvalue weighted by Crippen LogP contribution is -2.36. The van der Waals surface area contributed by atoms with Crippen molar-refractivity contribution in [3.05, 3.63) is 47.3 Å². The molecule has 2 aliphatic rings. The van der Waals surface area contributed by atoms with E-state index in [1.54, 1.807) is 0 Å². The molecule has 4 heterocycles. The molecule has 1 amide bonds. The summed E-state index contributed by atoms with van der Waals surface area (Å²) in [5.41, 5.74) is 2.42. The number of nitrogens with one attached hydrogen (secondary N) is 2. The molecule has 8 nitrogen and oxygen atoms in total. The number of rotatable bonds is 6. The van der Waals surface area contributed by atoms with E-state index in [2.05, 4.69) is 15.5 Å². The highest BCUT2D eigenvalue weighted by atomic mass is 32.1. The first-order valence-electron chi connectivity index (χ1n) is 11.7. The minimum atomic E-state index is 0.0116. The molecule has 3 N–H and O–H groups in total. The summed E-state index contributed by atoms with van der Waals surface area (Å²) in [5, 5.41) is 15.9. The molecule has 2 aromatic heterocycles. The summed E-state index contributed by atoms with van der Waals surface area (Å²) in [7, 11) is 0. The maximum atomic E-state index is 12.7. The van der Waals surface area contributed by atoms with Crippen molar-refractivity contribution < 1.29 is 14.6 Å². The number of benzene rings is 1. The van der Waals surface area contributed by atoms with Gasteiger partial charge in [-0.3, -0.25) is 4.79 Å². The van der Waals surface area contributed by atoms with Gasteiger partial charge in [0.15, 0.2) is 5.82 Å². The first-order chi connectivity index (χ1) is 16.7. The first-order valence-corrected chi connectivity index (χ1v) is 12.5. The van der Waals surface area contributed by atoms with Crippen LogP contribution in [0.25, 0.3) is 22.0 Å². The highest BCUT2D eigenvalue weighted by Crippen LogP contribution is 2.32. The molecule has 9 heteroatoms. The molecule has 5 rings (SSSR count). The lowest BCUT2D eigenvalue weighted by Gasteiger charge is -2.28. The van der Waals surface area contributed by atoms with Crippen LogP contribution >= 0.6 is 11.3 Å². The van der Waals surface area contributed by atoms with Gasteiger partial charge in [-0.15, -0.1) is 11.3 Å². The molecular weight excluding hydrogens is 450 g/mol. The number of piperidine rings is 1. The van der Waals surface area contributed by atoms with Crippen molar-refractivity contribution in [3.8, 4) is 22.0 Å². The minimum absolute atomic E-state index is 0.0116. The fraction of sp³-hybridized carbons (Fsp3) is 0.400. The zero-order valence-corrected chi connectivity index (χ0v) is 19.8. The molecule has 0 saturated carbocycles. The number of carbonyl (C=O) groups excluding carboxylic acids is 1. The van der Waals surface area contributed by atoms with Gasteiger partial charge in [0.05, 0.1) is 30.4 Å². The van der Waals surface area contributed by atoms with Crippen LogP contribution in [0.3, 0.4) is 0 Å². The summed E-state index contributed by atoms with van der Waals surface area (Å²) in [5.74, 6) is 1.57. The van der Waals surface area contributed by atoms with Crippen LogP contribution in [0.2, 0.25) is 0 Å². The topological polar surface area (TPSA) is 99.6 Å². The summed E-state index contributed by atoms with van der Waals surface area (Å²) in [6.45, 7) is 4.65. The number of hydrogen-bond acceptors (Lipinski definition) is 8. The smallest absolute Gasteiger partial charge is 0.227 e. The summed E-state index contributed by atoms with van der Waals surface area (Å²) >= 11 is 1.53. The number of anilines is 2. The second-order valence-corrected chi connectivity index (χ2v) is 9.72. The van der Waals surface area contributed by atoms with E-state index in [-0.39, 0.29) is 18.4 Å². The average Bonchev–Trinajstić information content (AvgIpc) is 3.39. The fourth-order valence-electron chi connectivity index (χ4n) is 4.31. The number of aliphatic hydroxyl groups excluding tert-OH is 1. The predicted octanol–water partition coefficient (Wildman–Crippen LogP) is 3.14. The second kappa shape index (κ2) is 10.6. The lowest BCUT2D eigenvalue weighted by molar-refractivity contribution is -0.120. The van der Waals surface area contributed by atoms with Gasteiger partial charge in [0, 0.05) is 41.2 Å². The monoisotopic (exact) mass is 479 g/mol. The van der Waals surface area contributed by atoms with Crippen LogP contribution in [-0.4, -0.2) is 60.4 Å². The molecule has 0 spiro atoms. The Bertz CT molecular complexity index is 1140. The van der Waals surface area contributed by atoms with Gasteiger partial charge in [0.25, 0.3) is 0 Å². The summed E-state index contributed by atoms with van der Waals surface area (Å²) in [4.78, 5) is 26.6. The minimum Gasteiger partial charge on any atom is -0.391 e. The standard InChI is InChI=1S/C25H29N5O3S/c31-16-20-4-5-22(34-20)21-15-23(30-10-12-33-13-11-30)29-24(28-21)18-2-1-3-19(14-18)27-25(32)17-6-8-26-9-7-17/h1-5,14-15,17,26,31H,6-13,16H2,(H,27,32). The molecule has 2 aliphatic heterocycles. The molecule has 0 unspecified atom stereocenters. The molecule has 0 radical (unpaired) electrons. The molecule has 0 bridgehead atoms. The third-order valence-corrected chi connectivity index (χ3v) is 7.31. The Kier molecular flexibility index (Phi) is 7.15. The van der Waals surface area contributed by atoms with Crippen molar-refractivity contribution in [3.63, 3.8) is 0 Å². The number of ether oxygens (including phenoxy) is 1. The Hall–Kier alpha value is -2.85. The second-order valence-electron chi connectivity index (χ2n) is 8.55. The summed E-state index contributed by atoms with van der Waals surface area (Å²) < 4.78 is 5.52. The molecule has 0 aliphatic carbocycles. The number of hydrogen-bond donors (Lipinski definition) is 3. The van der Waals surface area contributed by atoms with E-state index >= 15 is 0 Å². The number of carbonyl (C=O) groups is 1. The van der Waals surface area contributed by atoms with Gasteiger partial charge in [0.2, 0.25) is 5.91 Å². The van der Waals surface area contributed by atoms with Gasteiger partial charge in [-0.1, -0.05) is 12.1 Å². The van der Waals surface area contributed by atoms with Crippen molar-refractivity contribution in [2.45, 2.75) is 19.4 Å². The number of thiophene rings is 1. The van der Waals surface area contributed by atoms with E-state index in [1.165, 1.54) is 11.3 Å². The number of aliphatic hydroxyl groups is 1. The molecule has 3 aromatic rings. The molecule has 178 valence electrons. The molecule has 34 heavy (non-hydrogen) atoms. The van der Waals surface area contributed by atoms with Crippen molar-refractivity contribution in [1.82, 2.24) is 15.3 Å². The Morgan fingerprint density at radius 1 is 1.15 bits per heavy atom. The van der Waals surface area contributed by atoms with Gasteiger partial charge in [-0.05, 0) is 50.2 Å². The number of morpholine rings is 1. The summed E-state index contributed by atoms with van der Waals surface area (Å²) in [6, 6.07) is 13.7. The third-order valence-electron chi connectivity index (χ3n) is 6.22. The van der Waals surface area contributed by atoms with Crippen molar-refractivity contribution in [2.75, 3.05) is 49.6 Å².